The van der Waals surface area contributed by atoms with Gasteiger partial charge < -0.3 is 9.47 Å². The molecule has 1 atom stereocenters. The van der Waals surface area contributed by atoms with Gasteiger partial charge in [0.2, 0.25) is 0 Å². The molecule has 1 aliphatic rings. The molecule has 1 fully saturated rings. The molecule has 0 unspecified atom stereocenters. The van der Waals surface area contributed by atoms with E-state index < -0.39 is 0 Å². The smallest absolute Gasteiger partial charge is 0.123 e. The predicted octanol–water partition coefficient (Wildman–Crippen LogP) is 2.77. The normalized spacial score (nSPS) is 21.3. The van der Waals surface area contributed by atoms with Gasteiger partial charge in [-0.25, -0.2) is 4.39 Å². The first-order valence-electron chi connectivity index (χ1n) is 5.34. The van der Waals surface area contributed by atoms with Gasteiger partial charge in [-0.1, -0.05) is 0 Å². The lowest BCUT2D eigenvalue weighted by Gasteiger charge is -2.22. The van der Waals surface area contributed by atoms with E-state index >= 15 is 0 Å². The zero-order valence-electron chi connectivity index (χ0n) is 8.62. The topological polar surface area (TPSA) is 18.5 Å². The minimum atomic E-state index is -0.240. The Morgan fingerprint density at radius 1 is 1.27 bits per heavy atom. The highest BCUT2D eigenvalue weighted by Crippen LogP contribution is 2.16. The minimum Gasteiger partial charge on any atom is -0.491 e. The molecule has 3 heteroatoms. The number of halogens is 1. The van der Waals surface area contributed by atoms with Gasteiger partial charge in [0.15, 0.2) is 0 Å². The summed E-state index contributed by atoms with van der Waals surface area (Å²) in [4.78, 5) is 0. The molecule has 2 nitrogen and oxygen atoms in total. The maximum absolute atomic E-state index is 12.6. The minimum absolute atomic E-state index is 0.198. The van der Waals surface area contributed by atoms with Crippen LogP contribution in [0, 0.1) is 5.82 Å². The Morgan fingerprint density at radius 2 is 2.07 bits per heavy atom. The molecule has 0 aliphatic carbocycles. The summed E-state index contributed by atoms with van der Waals surface area (Å²) in [7, 11) is 0. The van der Waals surface area contributed by atoms with Crippen LogP contribution >= 0.6 is 0 Å². The predicted molar refractivity (Wildman–Crippen MR) is 55.5 cm³/mol. The largest absolute Gasteiger partial charge is 0.491 e. The van der Waals surface area contributed by atoms with Crippen LogP contribution in [0.25, 0.3) is 0 Å². The van der Waals surface area contributed by atoms with Gasteiger partial charge in [-0.15, -0.1) is 0 Å². The molecule has 1 aliphatic heterocycles. The van der Waals surface area contributed by atoms with Crippen LogP contribution in [0.3, 0.4) is 0 Å². The summed E-state index contributed by atoms with van der Waals surface area (Å²) in [6.07, 6.45) is 3.61. The van der Waals surface area contributed by atoms with Crippen LogP contribution in [0.4, 0.5) is 4.39 Å². The first-order chi connectivity index (χ1) is 7.34. The van der Waals surface area contributed by atoms with Crippen molar-refractivity contribution in [2.45, 2.75) is 25.4 Å². The highest BCUT2D eigenvalue weighted by Gasteiger charge is 2.14. The Balaban J connectivity index is 1.79. The maximum atomic E-state index is 12.6. The lowest BCUT2D eigenvalue weighted by molar-refractivity contribution is -0.0110. The Labute approximate surface area is 89.0 Å². The van der Waals surface area contributed by atoms with Crippen LogP contribution in [-0.2, 0) is 4.74 Å². The molecule has 0 saturated carbocycles. The summed E-state index contributed by atoms with van der Waals surface area (Å²) in [6, 6.07) is 6.07. The van der Waals surface area contributed by atoms with Crippen molar-refractivity contribution in [1.29, 1.82) is 0 Å². The number of hydrogen-bond donors (Lipinski definition) is 0. The van der Waals surface area contributed by atoms with Gasteiger partial charge in [0.05, 0.1) is 6.10 Å². The van der Waals surface area contributed by atoms with Crippen molar-refractivity contribution in [3.05, 3.63) is 30.1 Å². The third-order valence-electron chi connectivity index (χ3n) is 2.52. The molecule has 1 heterocycles. The van der Waals surface area contributed by atoms with E-state index in [-0.39, 0.29) is 11.9 Å². The fourth-order valence-electron chi connectivity index (χ4n) is 1.66. The highest BCUT2D eigenvalue weighted by atomic mass is 19.1. The van der Waals surface area contributed by atoms with E-state index in [4.69, 9.17) is 9.47 Å². The van der Waals surface area contributed by atoms with Crippen molar-refractivity contribution in [2.75, 3.05) is 13.2 Å². The van der Waals surface area contributed by atoms with Gasteiger partial charge in [-0.2, -0.15) is 0 Å². The maximum Gasteiger partial charge on any atom is 0.123 e. The highest BCUT2D eigenvalue weighted by molar-refractivity contribution is 5.22. The molecular weight excluding hydrogens is 195 g/mol. The van der Waals surface area contributed by atoms with Gasteiger partial charge in [-0.3, -0.25) is 0 Å². The quantitative estimate of drug-likeness (QED) is 0.763. The molecule has 1 aromatic carbocycles. The summed E-state index contributed by atoms with van der Waals surface area (Å²) in [5.74, 6) is 0.460. The summed E-state index contributed by atoms with van der Waals surface area (Å²) in [5, 5.41) is 0. The lowest BCUT2D eigenvalue weighted by atomic mass is 10.1. The number of hydrogen-bond acceptors (Lipinski definition) is 2. The summed E-state index contributed by atoms with van der Waals surface area (Å²) < 4.78 is 23.6. The van der Waals surface area contributed by atoms with Gasteiger partial charge in [-0.05, 0) is 43.5 Å². The number of benzene rings is 1. The van der Waals surface area contributed by atoms with Crippen LogP contribution in [0.15, 0.2) is 24.3 Å². The molecule has 15 heavy (non-hydrogen) atoms. The standard InChI is InChI=1S/C12H15FO2/c13-10-4-6-11(7-5-10)15-9-12-3-1-2-8-14-12/h4-7,12H,1-3,8-9H2/t12-/m1/s1. The third-order valence-corrected chi connectivity index (χ3v) is 2.52. The molecule has 82 valence electrons. The molecule has 1 aromatic rings. The monoisotopic (exact) mass is 210 g/mol. The molecule has 0 spiro atoms. The van der Waals surface area contributed by atoms with Crippen molar-refractivity contribution in [3.8, 4) is 5.75 Å². The second-order valence-electron chi connectivity index (χ2n) is 3.75. The van der Waals surface area contributed by atoms with E-state index in [1.807, 2.05) is 0 Å². The summed E-state index contributed by atoms with van der Waals surface area (Å²) in [5.41, 5.74) is 0. The molecule has 2 rings (SSSR count). The first kappa shape index (κ1) is 10.4. The molecule has 0 bridgehead atoms. The van der Waals surface area contributed by atoms with Gasteiger partial charge in [0.25, 0.3) is 0 Å². The Kier molecular flexibility index (Phi) is 3.56. The Morgan fingerprint density at radius 3 is 2.73 bits per heavy atom. The molecule has 0 aromatic heterocycles. The fraction of sp³-hybridized carbons (Fsp3) is 0.500. The molecule has 0 amide bonds. The van der Waals surface area contributed by atoms with Crippen LogP contribution in [0.2, 0.25) is 0 Å². The van der Waals surface area contributed by atoms with Crippen molar-refractivity contribution >= 4 is 0 Å². The Hall–Kier alpha value is -1.09. The Bertz CT molecular complexity index is 291. The van der Waals surface area contributed by atoms with Gasteiger partial charge in [0, 0.05) is 6.61 Å². The summed E-state index contributed by atoms with van der Waals surface area (Å²) >= 11 is 0. The fourth-order valence-corrected chi connectivity index (χ4v) is 1.66. The van der Waals surface area contributed by atoms with E-state index in [1.54, 1.807) is 12.1 Å². The van der Waals surface area contributed by atoms with Gasteiger partial charge in [0.1, 0.15) is 18.2 Å². The van der Waals surface area contributed by atoms with Crippen LogP contribution in [0.1, 0.15) is 19.3 Å². The zero-order valence-corrected chi connectivity index (χ0v) is 8.62. The van der Waals surface area contributed by atoms with Crippen molar-refractivity contribution in [2.24, 2.45) is 0 Å². The third kappa shape index (κ3) is 3.20. The van der Waals surface area contributed by atoms with E-state index in [9.17, 15) is 4.39 Å². The average molecular weight is 210 g/mol. The van der Waals surface area contributed by atoms with E-state index in [0.717, 1.165) is 19.4 Å². The molecular formula is C12H15FO2. The van der Waals surface area contributed by atoms with Crippen LogP contribution in [-0.4, -0.2) is 19.3 Å². The number of rotatable bonds is 3. The van der Waals surface area contributed by atoms with Crippen molar-refractivity contribution in [1.82, 2.24) is 0 Å². The average Bonchev–Trinajstić information content (AvgIpc) is 2.30. The number of ether oxygens (including phenoxy) is 2. The van der Waals surface area contributed by atoms with Crippen LogP contribution in [0.5, 0.6) is 5.75 Å². The second-order valence-corrected chi connectivity index (χ2v) is 3.75. The van der Waals surface area contributed by atoms with Crippen LogP contribution < -0.4 is 4.74 Å². The molecule has 1 saturated heterocycles. The van der Waals surface area contributed by atoms with Gasteiger partial charge >= 0.3 is 0 Å². The van der Waals surface area contributed by atoms with E-state index in [2.05, 4.69) is 0 Å². The molecule has 0 radical (unpaired) electrons. The van der Waals surface area contributed by atoms with Crippen molar-refractivity contribution < 1.29 is 13.9 Å². The second kappa shape index (κ2) is 5.12. The van der Waals surface area contributed by atoms with Crippen molar-refractivity contribution in [3.63, 3.8) is 0 Å². The first-order valence-corrected chi connectivity index (χ1v) is 5.34. The van der Waals surface area contributed by atoms with E-state index in [0.29, 0.717) is 12.4 Å². The van der Waals surface area contributed by atoms with E-state index in [1.165, 1.54) is 18.6 Å². The summed E-state index contributed by atoms with van der Waals surface area (Å²) in [6.45, 7) is 1.39. The SMILES string of the molecule is Fc1ccc(OC[C@H]2CCCCO2)cc1. The molecule has 0 N–H and O–H groups in total. The zero-order chi connectivity index (χ0) is 10.5. The lowest BCUT2D eigenvalue weighted by Crippen LogP contribution is -2.25.